The predicted octanol–water partition coefficient (Wildman–Crippen LogP) is 4.48. The lowest BCUT2D eigenvalue weighted by atomic mass is 9.74. The Kier molecular flexibility index (Phi) is 8.85. The van der Waals surface area contributed by atoms with E-state index < -0.39 is 6.10 Å². The zero-order valence-corrected chi connectivity index (χ0v) is 21.3. The fourth-order valence-electron chi connectivity index (χ4n) is 4.83. The van der Waals surface area contributed by atoms with Crippen LogP contribution in [0.25, 0.3) is 10.9 Å². The van der Waals surface area contributed by atoms with Crippen LogP contribution >= 0.6 is 23.1 Å². The first kappa shape index (κ1) is 25.4. The molecule has 1 saturated heterocycles. The first-order chi connectivity index (χ1) is 16.6. The van der Waals surface area contributed by atoms with Gasteiger partial charge in [0.2, 0.25) is 0 Å². The number of likely N-dealkylation sites (tertiary alicyclic amines) is 1. The molecule has 1 aliphatic heterocycles. The fourth-order valence-corrected chi connectivity index (χ4v) is 6.69. The standard InChI is InChI=1S/C26H34N2O4S2/c1-32-20-4-5-22-21(15-20)25(19(17-29)16-27-22)23(31)6-7-26(18-30)8-10-28(11-9-26)12-14-34-24-3-2-13-33-24/h2-5,13,15-16,23,29-31H,6-12,14,17-18H2,1H3/t23-/m1/s1. The average Bonchev–Trinajstić information content (AvgIpc) is 3.40. The SMILES string of the molecule is COc1ccc2ncc(CO)c([C@H](O)CCC3(CO)CCN(CCSc4cccs4)CC3)c2c1. The molecule has 0 amide bonds. The molecule has 184 valence electrons. The Balaban J connectivity index is 1.38. The number of aliphatic hydroxyl groups excluding tert-OH is 3. The smallest absolute Gasteiger partial charge is 0.119 e. The van der Waals surface area contributed by atoms with Gasteiger partial charge in [0.1, 0.15) is 5.75 Å². The normalized spacial score (nSPS) is 17.2. The minimum atomic E-state index is -0.747. The van der Waals surface area contributed by atoms with Crippen LogP contribution in [0.4, 0.5) is 0 Å². The lowest BCUT2D eigenvalue weighted by Crippen LogP contribution is -2.43. The van der Waals surface area contributed by atoms with Crippen LogP contribution in [-0.2, 0) is 6.61 Å². The highest BCUT2D eigenvalue weighted by Gasteiger charge is 2.34. The van der Waals surface area contributed by atoms with Crippen molar-refractivity contribution in [3.63, 3.8) is 0 Å². The second-order valence-electron chi connectivity index (χ2n) is 9.07. The number of hydrogen-bond donors (Lipinski definition) is 3. The Bertz CT molecular complexity index is 1050. The van der Waals surface area contributed by atoms with Gasteiger partial charge in [-0.3, -0.25) is 4.98 Å². The van der Waals surface area contributed by atoms with E-state index in [0.29, 0.717) is 23.3 Å². The summed E-state index contributed by atoms with van der Waals surface area (Å²) in [4.78, 5) is 6.91. The number of aromatic nitrogens is 1. The summed E-state index contributed by atoms with van der Waals surface area (Å²) in [6.07, 6.45) is 4.01. The van der Waals surface area contributed by atoms with Crippen LogP contribution in [-0.4, -0.2) is 64.3 Å². The molecule has 3 N–H and O–H groups in total. The van der Waals surface area contributed by atoms with Gasteiger partial charge in [-0.2, -0.15) is 0 Å². The van der Waals surface area contributed by atoms with Crippen molar-refractivity contribution in [2.75, 3.05) is 39.1 Å². The van der Waals surface area contributed by atoms with Crippen LogP contribution in [0.15, 0.2) is 46.1 Å². The molecule has 4 rings (SSSR count). The quantitative estimate of drug-likeness (QED) is 0.333. The van der Waals surface area contributed by atoms with E-state index in [1.165, 1.54) is 4.21 Å². The van der Waals surface area contributed by atoms with Crippen molar-refractivity contribution in [2.45, 2.75) is 42.6 Å². The maximum atomic E-state index is 11.2. The van der Waals surface area contributed by atoms with Gasteiger partial charge < -0.3 is 25.0 Å². The zero-order valence-electron chi connectivity index (χ0n) is 19.7. The average molecular weight is 503 g/mol. The van der Waals surface area contributed by atoms with Crippen molar-refractivity contribution in [2.24, 2.45) is 5.41 Å². The first-order valence-electron chi connectivity index (χ1n) is 11.8. The van der Waals surface area contributed by atoms with E-state index in [9.17, 15) is 15.3 Å². The number of nitrogens with zero attached hydrogens (tertiary/aromatic N) is 2. The molecule has 8 heteroatoms. The Morgan fingerprint density at radius 3 is 2.74 bits per heavy atom. The van der Waals surface area contributed by atoms with E-state index in [1.54, 1.807) is 24.6 Å². The number of benzene rings is 1. The van der Waals surface area contributed by atoms with Crippen molar-refractivity contribution in [3.05, 3.63) is 53.0 Å². The first-order valence-corrected chi connectivity index (χ1v) is 13.7. The molecule has 0 spiro atoms. The number of thioether (sulfide) groups is 1. The fraction of sp³-hybridized carbons (Fsp3) is 0.500. The summed E-state index contributed by atoms with van der Waals surface area (Å²) in [5.74, 6) is 1.77. The van der Waals surface area contributed by atoms with Crippen molar-refractivity contribution in [1.29, 1.82) is 0 Å². The summed E-state index contributed by atoms with van der Waals surface area (Å²) < 4.78 is 6.73. The third kappa shape index (κ3) is 5.93. The number of methoxy groups -OCH3 is 1. The summed E-state index contributed by atoms with van der Waals surface area (Å²) in [5.41, 5.74) is 1.93. The van der Waals surface area contributed by atoms with Crippen molar-refractivity contribution < 1.29 is 20.1 Å². The van der Waals surface area contributed by atoms with E-state index in [2.05, 4.69) is 27.4 Å². The Labute approximate surface area is 209 Å². The van der Waals surface area contributed by atoms with Crippen molar-refractivity contribution >= 4 is 34.0 Å². The van der Waals surface area contributed by atoms with Gasteiger partial charge in [-0.05, 0) is 79.4 Å². The molecular formula is C26H34N2O4S2. The van der Waals surface area contributed by atoms with E-state index in [-0.39, 0.29) is 18.6 Å². The number of pyridine rings is 1. The van der Waals surface area contributed by atoms with Crippen LogP contribution in [0.3, 0.4) is 0 Å². The number of aliphatic hydroxyl groups is 3. The number of fused-ring (bicyclic) bond motifs is 1. The lowest BCUT2D eigenvalue weighted by Gasteiger charge is -2.41. The predicted molar refractivity (Wildman–Crippen MR) is 139 cm³/mol. The highest BCUT2D eigenvalue weighted by molar-refractivity contribution is 8.01. The molecule has 0 saturated carbocycles. The maximum Gasteiger partial charge on any atom is 0.119 e. The van der Waals surface area contributed by atoms with Gasteiger partial charge in [0.05, 0.1) is 29.5 Å². The molecule has 34 heavy (non-hydrogen) atoms. The molecule has 1 atom stereocenters. The van der Waals surface area contributed by atoms with Crippen molar-refractivity contribution in [1.82, 2.24) is 9.88 Å². The highest BCUT2D eigenvalue weighted by atomic mass is 32.2. The molecule has 1 aromatic carbocycles. The van der Waals surface area contributed by atoms with Gasteiger partial charge in [-0.1, -0.05) is 6.07 Å². The van der Waals surface area contributed by atoms with E-state index in [0.717, 1.165) is 55.6 Å². The van der Waals surface area contributed by atoms with Gasteiger partial charge in [0.25, 0.3) is 0 Å². The highest BCUT2D eigenvalue weighted by Crippen LogP contribution is 2.40. The Hall–Kier alpha value is -1.68. The van der Waals surface area contributed by atoms with Crippen LogP contribution in [0.1, 0.15) is 42.9 Å². The number of rotatable bonds is 11. The maximum absolute atomic E-state index is 11.2. The van der Waals surface area contributed by atoms with Gasteiger partial charge in [0, 0.05) is 36.1 Å². The number of hydrogen-bond acceptors (Lipinski definition) is 8. The lowest BCUT2D eigenvalue weighted by molar-refractivity contribution is 0.0252. The second-order valence-corrected chi connectivity index (χ2v) is 11.4. The zero-order chi connectivity index (χ0) is 24.0. The minimum absolute atomic E-state index is 0.134. The summed E-state index contributed by atoms with van der Waals surface area (Å²) in [6.45, 7) is 2.95. The van der Waals surface area contributed by atoms with Crippen LogP contribution in [0, 0.1) is 5.41 Å². The molecule has 1 aliphatic rings. The van der Waals surface area contributed by atoms with E-state index in [1.807, 2.05) is 30.0 Å². The molecular weight excluding hydrogens is 468 g/mol. The monoisotopic (exact) mass is 502 g/mol. The summed E-state index contributed by atoms with van der Waals surface area (Å²) in [6, 6.07) is 9.84. The third-order valence-electron chi connectivity index (χ3n) is 7.05. The van der Waals surface area contributed by atoms with Crippen molar-refractivity contribution in [3.8, 4) is 5.75 Å². The number of ether oxygens (including phenoxy) is 1. The summed E-state index contributed by atoms with van der Waals surface area (Å²) in [5, 5.41) is 34.3. The topological polar surface area (TPSA) is 86.0 Å². The van der Waals surface area contributed by atoms with E-state index >= 15 is 0 Å². The van der Waals surface area contributed by atoms with Crippen LogP contribution in [0.2, 0.25) is 0 Å². The minimum Gasteiger partial charge on any atom is -0.497 e. The van der Waals surface area contributed by atoms with Gasteiger partial charge in [-0.15, -0.1) is 23.1 Å². The van der Waals surface area contributed by atoms with Gasteiger partial charge in [0.15, 0.2) is 0 Å². The second kappa shape index (κ2) is 11.8. The molecule has 0 aliphatic carbocycles. The molecule has 3 heterocycles. The Morgan fingerprint density at radius 1 is 1.24 bits per heavy atom. The molecule has 3 aromatic rings. The molecule has 2 aromatic heterocycles. The number of piperidine rings is 1. The molecule has 6 nitrogen and oxygen atoms in total. The van der Waals surface area contributed by atoms with Crippen LogP contribution in [0.5, 0.6) is 5.75 Å². The summed E-state index contributed by atoms with van der Waals surface area (Å²) >= 11 is 3.69. The van der Waals surface area contributed by atoms with Gasteiger partial charge in [-0.25, -0.2) is 0 Å². The molecule has 0 bridgehead atoms. The largest absolute Gasteiger partial charge is 0.497 e. The van der Waals surface area contributed by atoms with E-state index in [4.69, 9.17) is 4.74 Å². The third-order valence-corrected chi connectivity index (χ3v) is 9.16. The van der Waals surface area contributed by atoms with Gasteiger partial charge >= 0.3 is 0 Å². The molecule has 0 unspecified atom stereocenters. The Morgan fingerprint density at radius 2 is 2.06 bits per heavy atom. The number of thiophene rings is 1. The molecule has 0 radical (unpaired) electrons. The van der Waals surface area contributed by atoms with Crippen LogP contribution < -0.4 is 4.74 Å². The summed E-state index contributed by atoms with van der Waals surface area (Å²) in [7, 11) is 1.61. The molecule has 1 fully saturated rings.